The monoisotopic (exact) mass is 380 g/mol. The quantitative estimate of drug-likeness (QED) is 0.449. The molecule has 23 heavy (non-hydrogen) atoms. The highest BCUT2D eigenvalue weighted by atomic mass is 35.5. The Morgan fingerprint density at radius 2 is 2.04 bits per heavy atom. The molecule has 0 spiro atoms. The van der Waals surface area contributed by atoms with Crippen LogP contribution in [0.25, 0.3) is 0 Å². The second kappa shape index (κ2) is 8.16. The first-order valence-corrected chi connectivity index (χ1v) is 9.22. The number of halogens is 2. The van der Waals surface area contributed by atoms with E-state index in [-0.39, 0.29) is 28.0 Å². The van der Waals surface area contributed by atoms with Crippen LogP contribution in [0.1, 0.15) is 0 Å². The molecule has 0 aliphatic carbocycles. The standard InChI is InChI=1S/C13H18Cl2N4O3S/c14-10-2-1-3-11(12(10)15)23(20,21)18-5-4-17-13(16)19-6-8-22-9-7-19/h1-3,18H,4-9H2,(H2,16,17). The lowest BCUT2D eigenvalue weighted by Gasteiger charge is -2.27. The van der Waals surface area contributed by atoms with Crippen LogP contribution >= 0.6 is 23.2 Å². The largest absolute Gasteiger partial charge is 0.378 e. The Morgan fingerprint density at radius 3 is 2.74 bits per heavy atom. The van der Waals surface area contributed by atoms with E-state index >= 15 is 0 Å². The van der Waals surface area contributed by atoms with E-state index in [1.165, 1.54) is 18.2 Å². The molecule has 0 radical (unpaired) electrons. The minimum Gasteiger partial charge on any atom is -0.378 e. The Hall–Kier alpha value is -1.06. The molecule has 0 aromatic heterocycles. The van der Waals surface area contributed by atoms with Crippen LogP contribution in [0.15, 0.2) is 28.1 Å². The van der Waals surface area contributed by atoms with Crippen molar-refractivity contribution >= 4 is 39.2 Å². The lowest BCUT2D eigenvalue weighted by molar-refractivity contribution is 0.0674. The number of ether oxygens (including phenoxy) is 1. The fourth-order valence-corrected chi connectivity index (χ4v) is 3.79. The van der Waals surface area contributed by atoms with Gasteiger partial charge in [0.2, 0.25) is 10.0 Å². The van der Waals surface area contributed by atoms with E-state index < -0.39 is 10.0 Å². The molecule has 2 rings (SSSR count). The molecule has 0 amide bonds. The van der Waals surface area contributed by atoms with E-state index in [9.17, 15) is 8.42 Å². The highest BCUT2D eigenvalue weighted by Crippen LogP contribution is 2.28. The van der Waals surface area contributed by atoms with Crippen LogP contribution in [-0.4, -0.2) is 58.7 Å². The zero-order valence-corrected chi connectivity index (χ0v) is 14.7. The summed E-state index contributed by atoms with van der Waals surface area (Å²) in [5, 5.41) is 0.183. The molecule has 0 saturated carbocycles. The molecule has 1 aromatic carbocycles. The van der Waals surface area contributed by atoms with Gasteiger partial charge in [0.05, 0.1) is 29.8 Å². The summed E-state index contributed by atoms with van der Waals surface area (Å²) in [6.45, 7) is 2.90. The van der Waals surface area contributed by atoms with E-state index in [4.69, 9.17) is 33.7 Å². The van der Waals surface area contributed by atoms with E-state index in [1.54, 1.807) is 0 Å². The first-order valence-electron chi connectivity index (χ1n) is 6.98. The first-order chi connectivity index (χ1) is 10.9. The van der Waals surface area contributed by atoms with Crippen molar-refractivity contribution in [3.8, 4) is 0 Å². The van der Waals surface area contributed by atoms with Crippen molar-refractivity contribution in [1.29, 1.82) is 0 Å². The number of nitrogens with one attached hydrogen (secondary N) is 1. The summed E-state index contributed by atoms with van der Waals surface area (Å²) in [5.74, 6) is 0.383. The Kier molecular flexibility index (Phi) is 6.49. The summed E-state index contributed by atoms with van der Waals surface area (Å²) in [5.41, 5.74) is 5.86. The van der Waals surface area contributed by atoms with Crippen LogP contribution in [0.5, 0.6) is 0 Å². The van der Waals surface area contributed by atoms with Crippen molar-refractivity contribution in [1.82, 2.24) is 9.62 Å². The first kappa shape index (κ1) is 18.3. The molecule has 1 aliphatic heterocycles. The number of hydrogen-bond acceptors (Lipinski definition) is 4. The summed E-state index contributed by atoms with van der Waals surface area (Å²) in [6, 6.07) is 4.44. The van der Waals surface area contributed by atoms with Crippen molar-refractivity contribution in [2.45, 2.75) is 4.90 Å². The van der Waals surface area contributed by atoms with Crippen LogP contribution in [0, 0.1) is 0 Å². The highest BCUT2D eigenvalue weighted by Gasteiger charge is 2.19. The van der Waals surface area contributed by atoms with Crippen molar-refractivity contribution in [2.24, 2.45) is 10.7 Å². The molecular weight excluding hydrogens is 363 g/mol. The minimum atomic E-state index is -3.75. The normalized spacial score (nSPS) is 16.6. The predicted octanol–water partition coefficient (Wildman–Crippen LogP) is 0.919. The fraction of sp³-hybridized carbons (Fsp3) is 0.462. The van der Waals surface area contributed by atoms with Gasteiger partial charge in [-0.3, -0.25) is 4.99 Å². The van der Waals surface area contributed by atoms with Crippen molar-refractivity contribution < 1.29 is 13.2 Å². The Morgan fingerprint density at radius 1 is 1.35 bits per heavy atom. The molecule has 1 heterocycles. The molecule has 128 valence electrons. The molecular formula is C13H18Cl2N4O3S. The van der Waals surface area contributed by atoms with Crippen LogP contribution in [0.4, 0.5) is 0 Å². The smallest absolute Gasteiger partial charge is 0.242 e. The fourth-order valence-electron chi connectivity index (χ4n) is 2.01. The van der Waals surface area contributed by atoms with Crippen LogP contribution in [0.3, 0.4) is 0 Å². The number of nitrogens with two attached hydrogens (primary N) is 1. The maximum absolute atomic E-state index is 12.2. The lowest BCUT2D eigenvalue weighted by Crippen LogP contribution is -2.45. The molecule has 1 saturated heterocycles. The van der Waals surface area contributed by atoms with Gasteiger partial charge in [0, 0.05) is 19.6 Å². The predicted molar refractivity (Wildman–Crippen MR) is 90.5 cm³/mol. The molecule has 0 unspecified atom stereocenters. The maximum atomic E-state index is 12.2. The number of morpholine rings is 1. The van der Waals surface area contributed by atoms with Crippen molar-refractivity contribution in [3.05, 3.63) is 28.2 Å². The summed E-state index contributed by atoms with van der Waals surface area (Å²) >= 11 is 11.8. The van der Waals surface area contributed by atoms with Crippen molar-refractivity contribution in [2.75, 3.05) is 39.4 Å². The zero-order chi connectivity index (χ0) is 16.9. The van der Waals surface area contributed by atoms with Gasteiger partial charge in [-0.2, -0.15) is 0 Å². The van der Waals surface area contributed by atoms with Crippen LogP contribution in [-0.2, 0) is 14.8 Å². The van der Waals surface area contributed by atoms with Gasteiger partial charge in [0.25, 0.3) is 0 Å². The van der Waals surface area contributed by atoms with Gasteiger partial charge in [-0.1, -0.05) is 29.3 Å². The van der Waals surface area contributed by atoms with E-state index in [0.717, 1.165) is 0 Å². The van der Waals surface area contributed by atoms with Gasteiger partial charge in [0.15, 0.2) is 5.96 Å². The summed E-state index contributed by atoms with van der Waals surface area (Å²) in [7, 11) is -3.75. The molecule has 1 aliphatic rings. The number of nitrogens with zero attached hydrogens (tertiary/aromatic N) is 2. The van der Waals surface area contributed by atoms with Gasteiger partial charge in [-0.25, -0.2) is 13.1 Å². The second-order valence-corrected chi connectivity index (χ2v) is 7.31. The molecule has 0 atom stereocenters. The molecule has 0 bridgehead atoms. The third kappa shape index (κ3) is 4.95. The average Bonchev–Trinajstić information content (AvgIpc) is 2.54. The number of sulfonamides is 1. The van der Waals surface area contributed by atoms with E-state index in [1.807, 2.05) is 4.90 Å². The van der Waals surface area contributed by atoms with Crippen molar-refractivity contribution in [3.63, 3.8) is 0 Å². The van der Waals surface area contributed by atoms with Crippen LogP contribution in [0.2, 0.25) is 10.0 Å². The Balaban J connectivity index is 1.91. The second-order valence-electron chi connectivity index (χ2n) is 4.79. The number of benzene rings is 1. The van der Waals surface area contributed by atoms with E-state index in [2.05, 4.69) is 9.71 Å². The lowest BCUT2D eigenvalue weighted by atomic mass is 10.4. The third-order valence-electron chi connectivity index (χ3n) is 3.22. The molecule has 7 nitrogen and oxygen atoms in total. The third-order valence-corrected chi connectivity index (χ3v) is 5.65. The molecule has 1 fully saturated rings. The van der Waals surface area contributed by atoms with Crippen LogP contribution < -0.4 is 10.5 Å². The number of hydrogen-bond donors (Lipinski definition) is 2. The summed E-state index contributed by atoms with van der Waals surface area (Å²) in [4.78, 5) is 6.00. The van der Waals surface area contributed by atoms with Gasteiger partial charge in [0.1, 0.15) is 4.90 Å². The molecule has 10 heteroatoms. The van der Waals surface area contributed by atoms with Gasteiger partial charge in [-0.15, -0.1) is 0 Å². The average molecular weight is 381 g/mol. The molecule has 1 aromatic rings. The summed E-state index contributed by atoms with van der Waals surface area (Å²) in [6.07, 6.45) is 0. The van der Waals surface area contributed by atoms with Gasteiger partial charge >= 0.3 is 0 Å². The maximum Gasteiger partial charge on any atom is 0.242 e. The summed E-state index contributed by atoms with van der Waals surface area (Å²) < 4.78 is 32.0. The number of guanidine groups is 1. The zero-order valence-electron chi connectivity index (χ0n) is 12.3. The Labute approximate surface area is 145 Å². The number of rotatable bonds is 5. The highest BCUT2D eigenvalue weighted by molar-refractivity contribution is 7.89. The van der Waals surface area contributed by atoms with E-state index in [0.29, 0.717) is 32.3 Å². The number of aliphatic imine (C=N–C) groups is 1. The topological polar surface area (TPSA) is 97.0 Å². The molecule has 3 N–H and O–H groups in total. The minimum absolute atomic E-state index is 0.00185. The SMILES string of the molecule is NC(=NCCNS(=O)(=O)c1cccc(Cl)c1Cl)N1CCOCC1. The Bertz CT molecular complexity index is 676. The van der Waals surface area contributed by atoms with Gasteiger partial charge < -0.3 is 15.4 Å². The van der Waals surface area contributed by atoms with Gasteiger partial charge in [-0.05, 0) is 12.1 Å².